The lowest BCUT2D eigenvalue weighted by atomic mass is 9.96. The van der Waals surface area contributed by atoms with Crippen molar-refractivity contribution in [3.8, 4) is 0 Å². The highest BCUT2D eigenvalue weighted by Gasteiger charge is 2.15. The average molecular weight is 301 g/mol. The molecule has 0 bridgehead atoms. The zero-order valence-electron chi connectivity index (χ0n) is 10.2. The molecule has 0 spiro atoms. The maximum Gasteiger partial charge on any atom is 0.270 e. The molecule has 1 rings (SSSR count). The van der Waals surface area contributed by atoms with E-state index >= 15 is 0 Å². The first-order valence-electron chi connectivity index (χ1n) is 5.55. The molecular weight excluding hydrogens is 284 g/mol. The van der Waals surface area contributed by atoms with E-state index in [1.54, 1.807) is 12.1 Å². The summed E-state index contributed by atoms with van der Waals surface area (Å²) < 4.78 is 0.799. The van der Waals surface area contributed by atoms with Gasteiger partial charge in [0.15, 0.2) is 0 Å². The van der Waals surface area contributed by atoms with Crippen LogP contribution in [0.4, 0.5) is 5.69 Å². The standard InChI is InChI=1S/C12H17BrN2O2/c1-8(2)12(14-3)6-9-4-5-10(15(16)17)7-11(9)13/h4-5,7-8,12,14H,6H2,1-3H3. The van der Waals surface area contributed by atoms with Gasteiger partial charge in [-0.15, -0.1) is 0 Å². The van der Waals surface area contributed by atoms with Crippen LogP contribution in [0.2, 0.25) is 0 Å². The van der Waals surface area contributed by atoms with Crippen LogP contribution in [-0.4, -0.2) is 18.0 Å². The lowest BCUT2D eigenvalue weighted by Crippen LogP contribution is -2.32. The normalized spacial score (nSPS) is 12.8. The van der Waals surface area contributed by atoms with Crippen LogP contribution in [0.1, 0.15) is 19.4 Å². The van der Waals surface area contributed by atoms with Gasteiger partial charge in [0.05, 0.1) is 4.92 Å². The van der Waals surface area contributed by atoms with Crippen LogP contribution < -0.4 is 5.32 Å². The molecule has 0 saturated carbocycles. The third-order valence-corrected chi connectivity index (χ3v) is 3.60. The number of non-ortho nitro benzene ring substituents is 1. The van der Waals surface area contributed by atoms with E-state index in [0.29, 0.717) is 12.0 Å². The van der Waals surface area contributed by atoms with E-state index in [9.17, 15) is 10.1 Å². The van der Waals surface area contributed by atoms with Gasteiger partial charge in [-0.1, -0.05) is 35.8 Å². The Labute approximate surface area is 110 Å². The topological polar surface area (TPSA) is 55.2 Å². The van der Waals surface area contributed by atoms with Gasteiger partial charge in [0.1, 0.15) is 0 Å². The number of rotatable bonds is 5. The van der Waals surface area contributed by atoms with Gasteiger partial charge in [-0.25, -0.2) is 0 Å². The van der Waals surface area contributed by atoms with Gasteiger partial charge in [0.2, 0.25) is 0 Å². The van der Waals surface area contributed by atoms with Gasteiger partial charge in [0, 0.05) is 22.6 Å². The SMILES string of the molecule is CNC(Cc1ccc([N+](=O)[O-])cc1Br)C(C)C. The molecule has 0 aromatic heterocycles. The minimum Gasteiger partial charge on any atom is -0.316 e. The number of likely N-dealkylation sites (N-methyl/N-ethyl adjacent to an activating group) is 1. The molecule has 1 aromatic carbocycles. The predicted molar refractivity (Wildman–Crippen MR) is 72.2 cm³/mol. The molecule has 1 unspecified atom stereocenters. The molecule has 0 radical (unpaired) electrons. The van der Waals surface area contributed by atoms with E-state index in [1.807, 2.05) is 13.1 Å². The van der Waals surface area contributed by atoms with Gasteiger partial charge < -0.3 is 5.32 Å². The molecule has 1 N–H and O–H groups in total. The third-order valence-electron chi connectivity index (χ3n) is 2.86. The Morgan fingerprint density at radius 3 is 2.53 bits per heavy atom. The van der Waals surface area contributed by atoms with Crippen molar-refractivity contribution in [2.75, 3.05) is 7.05 Å². The van der Waals surface area contributed by atoms with Crippen LogP contribution in [0.15, 0.2) is 22.7 Å². The first-order chi connectivity index (χ1) is 7.95. The minimum atomic E-state index is -0.382. The Morgan fingerprint density at radius 1 is 1.47 bits per heavy atom. The molecule has 17 heavy (non-hydrogen) atoms. The Morgan fingerprint density at radius 2 is 2.12 bits per heavy atom. The molecule has 0 fully saturated rings. The molecule has 0 amide bonds. The smallest absolute Gasteiger partial charge is 0.270 e. The van der Waals surface area contributed by atoms with E-state index in [0.717, 1.165) is 16.5 Å². The van der Waals surface area contributed by atoms with Crippen molar-refractivity contribution >= 4 is 21.6 Å². The Kier molecular flexibility index (Phi) is 5.08. The van der Waals surface area contributed by atoms with E-state index in [2.05, 4.69) is 35.1 Å². The molecule has 1 atom stereocenters. The Hall–Kier alpha value is -0.940. The maximum atomic E-state index is 10.6. The van der Waals surface area contributed by atoms with Gasteiger partial charge in [-0.05, 0) is 24.9 Å². The van der Waals surface area contributed by atoms with Crippen LogP contribution in [0, 0.1) is 16.0 Å². The third kappa shape index (κ3) is 3.78. The van der Waals surface area contributed by atoms with Gasteiger partial charge in [-0.2, -0.15) is 0 Å². The van der Waals surface area contributed by atoms with Gasteiger partial charge in [0.25, 0.3) is 5.69 Å². The van der Waals surface area contributed by atoms with Crippen molar-refractivity contribution in [3.63, 3.8) is 0 Å². The summed E-state index contributed by atoms with van der Waals surface area (Å²) in [4.78, 5) is 10.2. The van der Waals surface area contributed by atoms with E-state index in [4.69, 9.17) is 0 Å². The highest BCUT2D eigenvalue weighted by molar-refractivity contribution is 9.10. The Balaban J connectivity index is 2.89. The second-order valence-corrected chi connectivity index (χ2v) is 5.23. The summed E-state index contributed by atoms with van der Waals surface area (Å²) in [5.74, 6) is 0.516. The van der Waals surface area contributed by atoms with Crippen molar-refractivity contribution in [1.82, 2.24) is 5.32 Å². The van der Waals surface area contributed by atoms with Gasteiger partial charge in [-0.3, -0.25) is 10.1 Å². The molecule has 0 aliphatic rings. The fourth-order valence-corrected chi connectivity index (χ4v) is 2.25. The van der Waals surface area contributed by atoms with Crippen LogP contribution >= 0.6 is 15.9 Å². The first-order valence-corrected chi connectivity index (χ1v) is 6.35. The lowest BCUT2D eigenvalue weighted by molar-refractivity contribution is -0.384. The highest BCUT2D eigenvalue weighted by Crippen LogP contribution is 2.25. The van der Waals surface area contributed by atoms with Crippen LogP contribution in [0.3, 0.4) is 0 Å². The number of nitrogens with zero attached hydrogens (tertiary/aromatic N) is 1. The molecule has 1 aromatic rings. The van der Waals surface area contributed by atoms with Crippen LogP contribution in [-0.2, 0) is 6.42 Å². The molecule has 5 heteroatoms. The van der Waals surface area contributed by atoms with E-state index in [-0.39, 0.29) is 10.6 Å². The zero-order valence-corrected chi connectivity index (χ0v) is 11.8. The summed E-state index contributed by atoms with van der Waals surface area (Å²) in [6.07, 6.45) is 0.854. The largest absolute Gasteiger partial charge is 0.316 e. The number of halogens is 1. The van der Waals surface area contributed by atoms with E-state index < -0.39 is 0 Å². The summed E-state index contributed by atoms with van der Waals surface area (Å²) in [5.41, 5.74) is 1.20. The van der Waals surface area contributed by atoms with Crippen molar-refractivity contribution in [1.29, 1.82) is 0 Å². The van der Waals surface area contributed by atoms with Crippen LogP contribution in [0.5, 0.6) is 0 Å². The molecule has 0 saturated heterocycles. The van der Waals surface area contributed by atoms with Crippen molar-refractivity contribution < 1.29 is 4.92 Å². The fraction of sp³-hybridized carbons (Fsp3) is 0.500. The van der Waals surface area contributed by atoms with Crippen molar-refractivity contribution in [2.45, 2.75) is 26.3 Å². The summed E-state index contributed by atoms with van der Waals surface area (Å²) in [7, 11) is 1.93. The number of benzene rings is 1. The molecule has 94 valence electrons. The number of nitro benzene ring substituents is 1. The minimum absolute atomic E-state index is 0.117. The summed E-state index contributed by atoms with van der Waals surface area (Å²) in [6.45, 7) is 4.31. The second-order valence-electron chi connectivity index (χ2n) is 4.38. The molecule has 0 heterocycles. The lowest BCUT2D eigenvalue weighted by Gasteiger charge is -2.20. The number of hydrogen-bond acceptors (Lipinski definition) is 3. The number of nitro groups is 1. The molecule has 0 aliphatic heterocycles. The summed E-state index contributed by atoms with van der Waals surface area (Å²) in [5, 5.41) is 13.9. The molecule has 4 nitrogen and oxygen atoms in total. The van der Waals surface area contributed by atoms with Crippen LogP contribution in [0.25, 0.3) is 0 Å². The first kappa shape index (κ1) is 14.1. The predicted octanol–water partition coefficient (Wildman–Crippen LogP) is 3.14. The van der Waals surface area contributed by atoms with E-state index in [1.165, 1.54) is 0 Å². The average Bonchev–Trinajstić information content (AvgIpc) is 2.26. The molecule has 0 aliphatic carbocycles. The second kappa shape index (κ2) is 6.12. The molecular formula is C12H17BrN2O2. The quantitative estimate of drug-likeness (QED) is 0.671. The van der Waals surface area contributed by atoms with Crippen molar-refractivity contribution in [2.24, 2.45) is 5.92 Å². The Bertz CT molecular complexity index is 407. The highest BCUT2D eigenvalue weighted by atomic mass is 79.9. The monoisotopic (exact) mass is 300 g/mol. The summed E-state index contributed by atoms with van der Waals surface area (Å²) in [6, 6.07) is 5.29. The number of nitrogens with one attached hydrogen (secondary N) is 1. The van der Waals surface area contributed by atoms with Gasteiger partial charge >= 0.3 is 0 Å². The maximum absolute atomic E-state index is 10.6. The summed E-state index contributed by atoms with van der Waals surface area (Å²) >= 11 is 3.39. The van der Waals surface area contributed by atoms with Crippen molar-refractivity contribution in [3.05, 3.63) is 38.3 Å². The number of hydrogen-bond donors (Lipinski definition) is 1. The fourth-order valence-electron chi connectivity index (χ4n) is 1.72. The zero-order chi connectivity index (χ0) is 13.0.